The molecule has 1 N–H and O–H groups in total. The van der Waals surface area contributed by atoms with Crippen LogP contribution in [0, 0.1) is 0 Å². The van der Waals surface area contributed by atoms with Gasteiger partial charge in [0.2, 0.25) is 5.91 Å². The molecule has 0 spiro atoms. The minimum Gasteiger partial charge on any atom is -0.329 e. The van der Waals surface area contributed by atoms with Crippen LogP contribution in [0.5, 0.6) is 0 Å². The molecule has 1 amide bonds. The van der Waals surface area contributed by atoms with E-state index in [1.54, 1.807) is 48.3 Å². The van der Waals surface area contributed by atoms with Gasteiger partial charge >= 0.3 is 6.18 Å². The van der Waals surface area contributed by atoms with Gasteiger partial charge in [-0.25, -0.2) is 4.98 Å². The number of imidazole rings is 1. The Morgan fingerprint density at radius 1 is 1.21 bits per heavy atom. The van der Waals surface area contributed by atoms with E-state index in [9.17, 15) is 18.0 Å². The molecule has 4 nitrogen and oxygen atoms in total. The van der Waals surface area contributed by atoms with Crippen LogP contribution in [0.2, 0.25) is 5.02 Å². The SMILES string of the molecule is Cn1ccnc1S[C@@H](C(=O)Nc1cc(C(F)(F)F)ccc1Cl)c1ccccc1. The number of alkyl halides is 3. The summed E-state index contributed by atoms with van der Waals surface area (Å²) >= 11 is 7.20. The summed E-state index contributed by atoms with van der Waals surface area (Å²) in [4.78, 5) is 17.2. The molecule has 3 aromatic rings. The van der Waals surface area contributed by atoms with Crippen molar-refractivity contribution in [1.29, 1.82) is 0 Å². The Balaban J connectivity index is 1.91. The minimum atomic E-state index is -4.54. The summed E-state index contributed by atoms with van der Waals surface area (Å²) in [5, 5.41) is 2.42. The molecule has 0 aliphatic rings. The lowest BCUT2D eigenvalue weighted by Gasteiger charge is -2.18. The summed E-state index contributed by atoms with van der Waals surface area (Å²) < 4.78 is 40.7. The summed E-state index contributed by atoms with van der Waals surface area (Å²) in [6, 6.07) is 11.7. The molecule has 0 bridgehead atoms. The van der Waals surface area contributed by atoms with Crippen molar-refractivity contribution in [2.24, 2.45) is 7.05 Å². The number of carbonyl (C=O) groups is 1. The van der Waals surface area contributed by atoms with E-state index in [1.165, 1.54) is 11.8 Å². The second-order valence-corrected chi connectivity index (χ2v) is 7.39. The predicted molar refractivity (Wildman–Crippen MR) is 103 cm³/mol. The van der Waals surface area contributed by atoms with Gasteiger partial charge in [-0.05, 0) is 23.8 Å². The van der Waals surface area contributed by atoms with E-state index in [0.717, 1.165) is 18.2 Å². The number of aryl methyl sites for hydroxylation is 1. The van der Waals surface area contributed by atoms with E-state index in [1.807, 2.05) is 6.07 Å². The van der Waals surface area contributed by atoms with E-state index in [0.29, 0.717) is 10.7 Å². The molecule has 2 aromatic carbocycles. The molecule has 0 saturated heterocycles. The highest BCUT2D eigenvalue weighted by molar-refractivity contribution is 8.00. The van der Waals surface area contributed by atoms with Crippen molar-refractivity contribution in [2.45, 2.75) is 16.6 Å². The highest BCUT2D eigenvalue weighted by Gasteiger charge is 2.31. The van der Waals surface area contributed by atoms with Gasteiger partial charge in [-0.1, -0.05) is 53.7 Å². The molecule has 0 aliphatic heterocycles. The van der Waals surface area contributed by atoms with Crippen LogP contribution in [0.25, 0.3) is 0 Å². The van der Waals surface area contributed by atoms with E-state index in [-0.39, 0.29) is 10.7 Å². The topological polar surface area (TPSA) is 46.9 Å². The number of nitrogens with one attached hydrogen (secondary N) is 1. The monoisotopic (exact) mass is 425 g/mol. The Morgan fingerprint density at radius 3 is 2.54 bits per heavy atom. The van der Waals surface area contributed by atoms with Gasteiger partial charge in [0.15, 0.2) is 5.16 Å². The number of aromatic nitrogens is 2. The van der Waals surface area contributed by atoms with E-state index < -0.39 is 22.9 Å². The van der Waals surface area contributed by atoms with Crippen LogP contribution >= 0.6 is 23.4 Å². The second kappa shape index (κ2) is 8.28. The van der Waals surface area contributed by atoms with Crippen LogP contribution in [-0.4, -0.2) is 15.5 Å². The van der Waals surface area contributed by atoms with Gasteiger partial charge in [0, 0.05) is 19.4 Å². The summed E-state index contributed by atoms with van der Waals surface area (Å²) in [6.45, 7) is 0. The molecule has 9 heteroatoms. The first kappa shape index (κ1) is 20.3. The number of carbonyl (C=O) groups excluding carboxylic acids is 1. The minimum absolute atomic E-state index is 0.0233. The molecule has 0 radical (unpaired) electrons. The third-order valence-electron chi connectivity index (χ3n) is 3.89. The number of amides is 1. The smallest absolute Gasteiger partial charge is 0.329 e. The van der Waals surface area contributed by atoms with Gasteiger partial charge in [-0.3, -0.25) is 4.79 Å². The lowest BCUT2D eigenvalue weighted by molar-refractivity contribution is -0.137. The average molecular weight is 426 g/mol. The summed E-state index contributed by atoms with van der Waals surface area (Å²) in [5.74, 6) is -0.500. The van der Waals surface area contributed by atoms with Crippen LogP contribution in [0.15, 0.2) is 66.1 Å². The highest BCUT2D eigenvalue weighted by Crippen LogP contribution is 2.37. The lowest BCUT2D eigenvalue weighted by Crippen LogP contribution is -2.20. The molecule has 3 rings (SSSR count). The maximum absolute atomic E-state index is 13.0. The number of thioether (sulfide) groups is 1. The fraction of sp³-hybridized carbons (Fsp3) is 0.158. The fourth-order valence-electron chi connectivity index (χ4n) is 2.47. The number of nitrogens with zero attached hydrogens (tertiary/aromatic N) is 2. The molecular weight excluding hydrogens is 411 g/mol. The van der Waals surface area contributed by atoms with Crippen molar-refractivity contribution >= 4 is 35.0 Å². The highest BCUT2D eigenvalue weighted by atomic mass is 35.5. The number of benzene rings is 2. The number of rotatable bonds is 5. The molecule has 1 heterocycles. The van der Waals surface area contributed by atoms with E-state index in [4.69, 9.17) is 11.6 Å². The zero-order valence-electron chi connectivity index (χ0n) is 14.6. The Bertz CT molecular complexity index is 976. The van der Waals surface area contributed by atoms with Gasteiger partial charge in [0.05, 0.1) is 16.3 Å². The molecule has 146 valence electrons. The van der Waals surface area contributed by atoms with Gasteiger partial charge in [-0.2, -0.15) is 13.2 Å². The number of halogens is 4. The Labute approximate surface area is 168 Å². The number of anilines is 1. The van der Waals surface area contributed by atoms with Crippen molar-refractivity contribution < 1.29 is 18.0 Å². The Morgan fingerprint density at radius 2 is 1.93 bits per heavy atom. The summed E-state index contributed by atoms with van der Waals surface area (Å²) in [5.41, 5.74) is -0.292. The largest absolute Gasteiger partial charge is 0.416 e. The number of hydrogen-bond acceptors (Lipinski definition) is 3. The lowest BCUT2D eigenvalue weighted by atomic mass is 10.1. The zero-order valence-corrected chi connectivity index (χ0v) is 16.1. The second-order valence-electron chi connectivity index (χ2n) is 5.91. The maximum atomic E-state index is 13.0. The first-order valence-corrected chi connectivity index (χ1v) is 9.38. The third-order valence-corrected chi connectivity index (χ3v) is 5.55. The van der Waals surface area contributed by atoms with Gasteiger partial charge in [0.1, 0.15) is 5.25 Å². The Kier molecular flexibility index (Phi) is 6.00. The van der Waals surface area contributed by atoms with Gasteiger partial charge in [0.25, 0.3) is 0 Å². The fourth-order valence-corrected chi connectivity index (χ4v) is 3.65. The van der Waals surface area contributed by atoms with E-state index >= 15 is 0 Å². The first-order valence-electron chi connectivity index (χ1n) is 8.12. The van der Waals surface area contributed by atoms with E-state index in [2.05, 4.69) is 10.3 Å². The summed E-state index contributed by atoms with van der Waals surface area (Å²) in [7, 11) is 1.79. The first-order chi connectivity index (χ1) is 13.3. The normalized spacial score (nSPS) is 12.6. The third kappa shape index (κ3) is 4.69. The van der Waals surface area contributed by atoms with Gasteiger partial charge in [-0.15, -0.1) is 0 Å². The molecule has 28 heavy (non-hydrogen) atoms. The molecule has 0 unspecified atom stereocenters. The quantitative estimate of drug-likeness (QED) is 0.544. The van der Waals surface area contributed by atoms with Crippen LogP contribution in [0.1, 0.15) is 16.4 Å². The van der Waals surface area contributed by atoms with Crippen LogP contribution in [0.4, 0.5) is 18.9 Å². The summed E-state index contributed by atoms with van der Waals surface area (Å²) in [6.07, 6.45) is -1.19. The molecule has 0 saturated carbocycles. The molecule has 1 atom stereocenters. The standard InChI is InChI=1S/C19H15ClF3N3OS/c1-26-10-9-24-18(26)28-16(12-5-3-2-4-6-12)17(27)25-15-11-13(19(21,22)23)7-8-14(15)20/h2-11,16H,1H3,(H,25,27)/t16-/m1/s1. The van der Waals surface area contributed by atoms with Crippen LogP contribution in [0.3, 0.4) is 0 Å². The molecular formula is C19H15ClF3N3OS. The molecule has 0 aliphatic carbocycles. The van der Waals surface area contributed by atoms with Crippen molar-refractivity contribution in [3.05, 3.63) is 77.1 Å². The maximum Gasteiger partial charge on any atom is 0.416 e. The van der Waals surface area contributed by atoms with Crippen molar-refractivity contribution in [2.75, 3.05) is 5.32 Å². The van der Waals surface area contributed by atoms with Crippen molar-refractivity contribution in [3.63, 3.8) is 0 Å². The Hall–Kier alpha value is -2.45. The zero-order chi connectivity index (χ0) is 20.3. The number of hydrogen-bond donors (Lipinski definition) is 1. The van der Waals surface area contributed by atoms with Gasteiger partial charge < -0.3 is 9.88 Å². The molecule has 0 fully saturated rings. The van der Waals surface area contributed by atoms with Crippen molar-refractivity contribution in [3.8, 4) is 0 Å². The van der Waals surface area contributed by atoms with Crippen LogP contribution < -0.4 is 5.32 Å². The average Bonchev–Trinajstić information content (AvgIpc) is 3.06. The predicted octanol–water partition coefficient (Wildman–Crippen LogP) is 5.56. The molecule has 1 aromatic heterocycles. The van der Waals surface area contributed by atoms with Crippen LogP contribution in [-0.2, 0) is 18.0 Å². The van der Waals surface area contributed by atoms with Crippen molar-refractivity contribution in [1.82, 2.24) is 9.55 Å².